The average molecular weight is 327 g/mol. The molecule has 0 aromatic heterocycles. The van der Waals surface area contributed by atoms with Gasteiger partial charge >= 0.3 is 67.1 Å². The second-order valence-electron chi connectivity index (χ2n) is 1.81. The first-order valence-electron chi connectivity index (χ1n) is 2.22. The predicted molar refractivity (Wildman–Crippen MR) is 37.3 cm³/mol. The fourth-order valence-corrected chi connectivity index (χ4v) is 3.75. The van der Waals surface area contributed by atoms with Crippen molar-refractivity contribution < 1.29 is 0 Å². The number of hydrogen-bond donors (Lipinski definition) is 0. The van der Waals surface area contributed by atoms with Crippen molar-refractivity contribution in [3.8, 4) is 0 Å². The van der Waals surface area contributed by atoms with Crippen LogP contribution in [0.1, 0.15) is 13.8 Å². The van der Waals surface area contributed by atoms with E-state index in [4.69, 9.17) is 0 Å². The van der Waals surface area contributed by atoms with Gasteiger partial charge in [0.25, 0.3) is 0 Å². The zero-order valence-corrected chi connectivity index (χ0v) is 9.98. The van der Waals surface area contributed by atoms with E-state index in [0.29, 0.717) is 41.8 Å². The van der Waals surface area contributed by atoms with Gasteiger partial charge in [-0.15, -0.1) is 0 Å². The van der Waals surface area contributed by atoms with Crippen LogP contribution in [-0.4, -0.2) is 41.8 Å². The van der Waals surface area contributed by atoms with Crippen LogP contribution in [0, 0.1) is 0 Å². The van der Waals surface area contributed by atoms with Crippen molar-refractivity contribution in [3.63, 3.8) is 0 Å². The number of rotatable bonds is 2. The standard InChI is InChI=1S/C5H12Te2/c1-5(2,6-3)7-4/h1-4H3. The Hall–Kier alpha value is 1.58. The summed E-state index contributed by atoms with van der Waals surface area (Å²) in [6, 6.07) is 0. The molecule has 7 heavy (non-hydrogen) atoms. The number of hydrogen-bond acceptors (Lipinski definition) is 0. The zero-order chi connectivity index (χ0) is 5.91. The summed E-state index contributed by atoms with van der Waals surface area (Å²) in [7, 11) is 0. The van der Waals surface area contributed by atoms with Gasteiger partial charge in [0.15, 0.2) is 0 Å². The van der Waals surface area contributed by atoms with Crippen molar-refractivity contribution in [1.29, 1.82) is 0 Å². The molecule has 0 aliphatic carbocycles. The third-order valence-corrected chi connectivity index (χ3v) is 13.0. The van der Waals surface area contributed by atoms with Crippen LogP contribution in [0.25, 0.3) is 0 Å². The molecule has 0 atom stereocenters. The third-order valence-electron chi connectivity index (χ3n) is 0.983. The second kappa shape index (κ2) is 3.58. The van der Waals surface area contributed by atoms with E-state index in [-0.39, 0.29) is 0 Å². The van der Waals surface area contributed by atoms with Crippen LogP contribution < -0.4 is 0 Å². The first-order chi connectivity index (χ1) is 3.12. The molecule has 0 nitrogen and oxygen atoms in total. The van der Waals surface area contributed by atoms with E-state index in [1.165, 1.54) is 0 Å². The van der Waals surface area contributed by atoms with E-state index < -0.39 is 0 Å². The summed E-state index contributed by atoms with van der Waals surface area (Å²) in [6.45, 7) is 4.83. The van der Waals surface area contributed by atoms with Gasteiger partial charge in [0.05, 0.1) is 0 Å². The van der Waals surface area contributed by atoms with Gasteiger partial charge in [-0.2, -0.15) is 0 Å². The van der Waals surface area contributed by atoms with E-state index in [1.54, 1.807) is 0 Å². The minimum atomic E-state index is 0.367. The Bertz CT molecular complexity index is 44.0. The molecule has 0 saturated carbocycles. The molecular formula is C5H12Te2. The van der Waals surface area contributed by atoms with Gasteiger partial charge in [-0.1, -0.05) is 0 Å². The summed E-state index contributed by atoms with van der Waals surface area (Å²) in [5.74, 6) is 0. The molecule has 0 fully saturated rings. The molecule has 2 heteroatoms. The molecule has 0 aliphatic rings. The van der Waals surface area contributed by atoms with Crippen molar-refractivity contribution in [2.24, 2.45) is 0 Å². The Labute approximate surface area is 66.6 Å². The molecule has 0 aromatic carbocycles. The molecule has 0 spiro atoms. The Morgan fingerprint density at radius 2 is 1.29 bits per heavy atom. The fraction of sp³-hybridized carbons (Fsp3) is 1.00. The Morgan fingerprint density at radius 1 is 1.00 bits per heavy atom. The first-order valence-corrected chi connectivity index (χ1v) is 9.22. The summed E-state index contributed by atoms with van der Waals surface area (Å²) in [5, 5.41) is 0. The van der Waals surface area contributed by atoms with E-state index >= 15 is 0 Å². The van der Waals surface area contributed by atoms with Crippen molar-refractivity contribution in [2.75, 3.05) is 0 Å². The molecule has 0 amide bonds. The summed E-state index contributed by atoms with van der Waals surface area (Å²) >= 11 is 0.734. The van der Waals surface area contributed by atoms with E-state index in [9.17, 15) is 0 Å². The molecular weight excluding hydrogens is 315 g/mol. The maximum atomic E-state index is 2.41. The molecule has 0 bridgehead atoms. The summed E-state index contributed by atoms with van der Waals surface area (Å²) in [6.07, 6.45) is 0. The molecule has 0 aromatic rings. The minimum absolute atomic E-state index is 0.367. The average Bonchev–Trinajstić information content (AvgIpc) is 1.68. The van der Waals surface area contributed by atoms with Crippen LogP contribution in [0.2, 0.25) is 11.5 Å². The Morgan fingerprint density at radius 3 is 1.29 bits per heavy atom. The summed E-state index contributed by atoms with van der Waals surface area (Å²) < 4.78 is 0.843. The summed E-state index contributed by atoms with van der Waals surface area (Å²) in [5.41, 5.74) is 0. The van der Waals surface area contributed by atoms with Gasteiger partial charge in [-0.3, -0.25) is 0 Å². The molecule has 0 rings (SSSR count). The third kappa shape index (κ3) is 4.11. The van der Waals surface area contributed by atoms with Crippen molar-refractivity contribution in [1.82, 2.24) is 0 Å². The zero-order valence-electron chi connectivity index (χ0n) is 5.32. The topological polar surface area (TPSA) is 0 Å². The molecule has 0 heterocycles. The molecule has 0 N–H and O–H groups in total. The monoisotopic (exact) mass is 332 g/mol. The first kappa shape index (κ1) is 8.58. The van der Waals surface area contributed by atoms with Crippen LogP contribution in [-0.2, 0) is 0 Å². The van der Waals surface area contributed by atoms with E-state index in [1.807, 2.05) is 0 Å². The van der Waals surface area contributed by atoms with Gasteiger partial charge in [0.2, 0.25) is 0 Å². The predicted octanol–water partition coefficient (Wildman–Crippen LogP) is 1.65. The fourth-order valence-electron chi connectivity index (χ4n) is 0.0833. The molecule has 44 valence electrons. The Kier molecular flexibility index (Phi) is 4.38. The summed E-state index contributed by atoms with van der Waals surface area (Å²) in [4.78, 5) is 4.80. The quantitative estimate of drug-likeness (QED) is 0.677. The molecule has 0 saturated heterocycles. The van der Waals surface area contributed by atoms with Gasteiger partial charge < -0.3 is 0 Å². The van der Waals surface area contributed by atoms with Crippen LogP contribution in [0.4, 0.5) is 0 Å². The normalized spacial score (nSPS) is 12.0. The van der Waals surface area contributed by atoms with Crippen LogP contribution >= 0.6 is 0 Å². The molecule has 0 unspecified atom stereocenters. The van der Waals surface area contributed by atoms with Gasteiger partial charge in [-0.05, 0) is 0 Å². The molecule has 0 radical (unpaired) electrons. The van der Waals surface area contributed by atoms with Crippen molar-refractivity contribution in [3.05, 3.63) is 0 Å². The Balaban J connectivity index is 3.36. The molecule has 0 aliphatic heterocycles. The van der Waals surface area contributed by atoms with Gasteiger partial charge in [-0.25, -0.2) is 0 Å². The van der Waals surface area contributed by atoms with Gasteiger partial charge in [0.1, 0.15) is 0 Å². The van der Waals surface area contributed by atoms with Crippen LogP contribution in [0.5, 0.6) is 0 Å². The van der Waals surface area contributed by atoms with Crippen molar-refractivity contribution in [2.45, 2.75) is 25.3 Å². The van der Waals surface area contributed by atoms with Crippen molar-refractivity contribution >= 4 is 41.8 Å². The van der Waals surface area contributed by atoms with Crippen LogP contribution in [0.15, 0.2) is 0 Å². The van der Waals surface area contributed by atoms with E-state index in [0.717, 1.165) is 1.51 Å². The van der Waals surface area contributed by atoms with E-state index in [2.05, 4.69) is 23.8 Å². The SMILES string of the molecule is C[Te]C(C)(C)[Te]C. The maximum absolute atomic E-state index is 2.41. The van der Waals surface area contributed by atoms with Gasteiger partial charge in [0, 0.05) is 0 Å². The van der Waals surface area contributed by atoms with Crippen LogP contribution in [0.3, 0.4) is 0 Å². The second-order valence-corrected chi connectivity index (χ2v) is 12.5.